The molecule has 2 amide bonds. The molecule has 0 aliphatic carbocycles. The highest BCUT2D eigenvalue weighted by Gasteiger charge is 2.29. The summed E-state index contributed by atoms with van der Waals surface area (Å²) in [6, 6.07) is 2.55. The fourth-order valence-electron chi connectivity index (χ4n) is 2.19. The fraction of sp³-hybridized carbons (Fsp3) is 0.467. The molecule has 138 valence electrons. The molecule has 10 nitrogen and oxygen atoms in total. The van der Waals surface area contributed by atoms with E-state index in [0.717, 1.165) is 0 Å². The van der Waals surface area contributed by atoms with Crippen molar-refractivity contribution in [1.29, 1.82) is 0 Å². The number of nitrogens with zero attached hydrogens (tertiary/aromatic N) is 1. The van der Waals surface area contributed by atoms with Crippen molar-refractivity contribution in [3.8, 4) is 0 Å². The summed E-state index contributed by atoms with van der Waals surface area (Å²) in [5.41, 5.74) is 7.25. The van der Waals surface area contributed by atoms with Crippen molar-refractivity contribution < 1.29 is 24.8 Å². The van der Waals surface area contributed by atoms with E-state index < -0.39 is 34.9 Å². The maximum Gasteiger partial charge on any atom is 0.269 e. The van der Waals surface area contributed by atoms with Gasteiger partial charge in [0.05, 0.1) is 4.92 Å². The Morgan fingerprint density at radius 3 is 2.24 bits per heavy atom. The third-order valence-corrected chi connectivity index (χ3v) is 3.54. The molecule has 0 heterocycles. The molecule has 0 aliphatic heterocycles. The number of aliphatic hydroxyl groups excluding tert-OH is 1. The Hall–Kier alpha value is -2.56. The Balaban J connectivity index is 2.81. The topological polar surface area (TPSA) is 168 Å². The molecule has 0 bridgehead atoms. The van der Waals surface area contributed by atoms with Crippen LogP contribution in [-0.4, -0.2) is 39.1 Å². The lowest BCUT2D eigenvalue weighted by atomic mass is 10.00. The van der Waals surface area contributed by atoms with E-state index in [1.165, 1.54) is 29.7 Å². The number of nitrogens with one attached hydrogen (secondary N) is 2. The number of aliphatic hydroxyl groups is 1. The minimum atomic E-state index is -1.42. The maximum atomic E-state index is 12.2. The molecule has 3 atom stereocenters. The van der Waals surface area contributed by atoms with Crippen LogP contribution in [0.25, 0.3) is 0 Å². The van der Waals surface area contributed by atoms with Crippen molar-refractivity contribution in [3.63, 3.8) is 0 Å². The van der Waals surface area contributed by atoms with Crippen LogP contribution in [0.15, 0.2) is 24.3 Å². The summed E-state index contributed by atoms with van der Waals surface area (Å²) < 4.78 is 0. The Labute approximate surface area is 144 Å². The van der Waals surface area contributed by atoms with Gasteiger partial charge in [0.15, 0.2) is 0 Å². The monoisotopic (exact) mass is 354 g/mol. The zero-order valence-electron chi connectivity index (χ0n) is 13.9. The van der Waals surface area contributed by atoms with E-state index in [1.807, 2.05) is 13.8 Å². The van der Waals surface area contributed by atoms with E-state index in [-0.39, 0.29) is 23.6 Å². The molecule has 6 N–H and O–H groups in total. The molecule has 0 saturated carbocycles. The van der Waals surface area contributed by atoms with E-state index in [9.17, 15) is 24.8 Å². The lowest BCUT2D eigenvalue weighted by Crippen LogP contribution is -2.53. The molecule has 1 aromatic rings. The van der Waals surface area contributed by atoms with Gasteiger partial charge in [0.1, 0.15) is 18.2 Å². The van der Waals surface area contributed by atoms with Crippen LogP contribution in [0.5, 0.6) is 0 Å². The van der Waals surface area contributed by atoms with Crippen LogP contribution in [0.3, 0.4) is 0 Å². The molecule has 1 rings (SSSR count). The van der Waals surface area contributed by atoms with Gasteiger partial charge in [0, 0.05) is 12.1 Å². The maximum absolute atomic E-state index is 12.2. The summed E-state index contributed by atoms with van der Waals surface area (Å²) in [5, 5.41) is 31.9. The first-order chi connectivity index (χ1) is 11.7. The number of nitro groups is 1. The van der Waals surface area contributed by atoms with Crippen LogP contribution >= 0.6 is 0 Å². The van der Waals surface area contributed by atoms with Crippen molar-refractivity contribution >= 4 is 17.5 Å². The lowest BCUT2D eigenvalue weighted by molar-refractivity contribution is -0.384. The van der Waals surface area contributed by atoms with Gasteiger partial charge in [-0.1, -0.05) is 13.8 Å². The molecule has 25 heavy (non-hydrogen) atoms. The smallest absolute Gasteiger partial charge is 0.269 e. The number of nitro benzene ring substituents is 1. The van der Waals surface area contributed by atoms with Gasteiger partial charge in [-0.3, -0.25) is 24.9 Å². The van der Waals surface area contributed by atoms with Crippen LogP contribution in [0.2, 0.25) is 0 Å². The van der Waals surface area contributed by atoms with Crippen molar-refractivity contribution in [2.24, 2.45) is 11.7 Å². The number of hydrogen-bond donors (Lipinski definition) is 5. The first-order valence-corrected chi connectivity index (χ1v) is 7.59. The second kappa shape index (κ2) is 9.06. The molecule has 0 saturated heterocycles. The van der Waals surface area contributed by atoms with Crippen LogP contribution < -0.4 is 16.5 Å². The molecular weight excluding hydrogens is 332 g/mol. The summed E-state index contributed by atoms with van der Waals surface area (Å²) >= 11 is 0. The van der Waals surface area contributed by atoms with Crippen LogP contribution in [-0.2, 0) is 9.59 Å². The molecule has 0 aliphatic rings. The molecule has 1 aromatic carbocycles. The van der Waals surface area contributed by atoms with Gasteiger partial charge in [0.25, 0.3) is 11.6 Å². The van der Waals surface area contributed by atoms with Gasteiger partial charge in [-0.15, -0.1) is 0 Å². The van der Waals surface area contributed by atoms with Crippen molar-refractivity contribution in [1.82, 2.24) is 10.8 Å². The molecule has 10 heteroatoms. The number of non-ortho nitro benzene ring substituents is 1. The molecule has 0 radical (unpaired) electrons. The zero-order valence-corrected chi connectivity index (χ0v) is 13.9. The number of amides is 2. The quantitative estimate of drug-likeness (QED) is 0.248. The van der Waals surface area contributed by atoms with Crippen molar-refractivity contribution in [3.05, 3.63) is 39.9 Å². The van der Waals surface area contributed by atoms with E-state index in [0.29, 0.717) is 0 Å². The standard InChI is InChI=1S/C15H22N4O6/c1-8(2)7-11(14(21)18-23)17-15(22)12(16)13(20)9-3-5-10(6-4-9)19(24)25/h3-6,8,11-13,20,23H,7,16H2,1-2H3,(H,17,22)(H,18,21)/t11-,12+,13-/m0/s1. The van der Waals surface area contributed by atoms with E-state index >= 15 is 0 Å². The minimum Gasteiger partial charge on any atom is -0.386 e. The summed E-state index contributed by atoms with van der Waals surface area (Å²) in [6.45, 7) is 3.66. The van der Waals surface area contributed by atoms with Crippen LogP contribution in [0.4, 0.5) is 5.69 Å². The molecule has 0 fully saturated rings. The van der Waals surface area contributed by atoms with Crippen molar-refractivity contribution in [2.75, 3.05) is 0 Å². The number of benzene rings is 1. The first kappa shape index (κ1) is 20.5. The summed E-state index contributed by atoms with van der Waals surface area (Å²) in [4.78, 5) is 33.8. The van der Waals surface area contributed by atoms with Crippen LogP contribution in [0.1, 0.15) is 31.9 Å². The van der Waals surface area contributed by atoms with Gasteiger partial charge >= 0.3 is 0 Å². The highest BCUT2D eigenvalue weighted by molar-refractivity contribution is 5.89. The van der Waals surface area contributed by atoms with E-state index in [1.54, 1.807) is 0 Å². The predicted molar refractivity (Wildman–Crippen MR) is 87.3 cm³/mol. The second-order valence-corrected chi connectivity index (χ2v) is 5.99. The predicted octanol–water partition coefficient (Wildman–Crippen LogP) is -0.00820. The van der Waals surface area contributed by atoms with Crippen molar-refractivity contribution in [2.45, 2.75) is 38.5 Å². The van der Waals surface area contributed by atoms with Gasteiger partial charge in [-0.05, 0) is 30.0 Å². The molecule has 0 aromatic heterocycles. The number of rotatable bonds is 8. The van der Waals surface area contributed by atoms with E-state index in [4.69, 9.17) is 10.9 Å². The number of carbonyl (C=O) groups is 2. The number of hydrogen-bond acceptors (Lipinski definition) is 7. The zero-order chi connectivity index (χ0) is 19.1. The minimum absolute atomic E-state index is 0.0541. The Bertz CT molecular complexity index is 619. The summed E-state index contributed by atoms with van der Waals surface area (Å²) in [7, 11) is 0. The van der Waals surface area contributed by atoms with Crippen LogP contribution in [0, 0.1) is 16.0 Å². The van der Waals surface area contributed by atoms with E-state index in [2.05, 4.69) is 5.32 Å². The number of carbonyl (C=O) groups excluding carboxylic acids is 2. The summed E-state index contributed by atoms with van der Waals surface area (Å²) in [5.74, 6) is -1.53. The van der Waals surface area contributed by atoms with Gasteiger partial charge in [-0.25, -0.2) is 5.48 Å². The average molecular weight is 354 g/mol. The number of hydroxylamine groups is 1. The molecule has 0 spiro atoms. The SMILES string of the molecule is CC(C)C[C@H](NC(=O)[C@H](N)[C@@H](O)c1ccc([N+](=O)[O-])cc1)C(=O)NO. The second-order valence-electron chi connectivity index (χ2n) is 5.99. The Morgan fingerprint density at radius 1 is 1.24 bits per heavy atom. The van der Waals surface area contributed by atoms with Gasteiger partial charge < -0.3 is 16.2 Å². The molecule has 0 unspecified atom stereocenters. The number of nitrogens with two attached hydrogens (primary N) is 1. The largest absolute Gasteiger partial charge is 0.386 e. The first-order valence-electron chi connectivity index (χ1n) is 7.59. The Kier molecular flexibility index (Phi) is 7.43. The normalized spacial score (nSPS) is 14.5. The highest BCUT2D eigenvalue weighted by Crippen LogP contribution is 2.20. The lowest BCUT2D eigenvalue weighted by Gasteiger charge is -2.23. The Morgan fingerprint density at radius 2 is 1.80 bits per heavy atom. The highest BCUT2D eigenvalue weighted by atomic mass is 16.6. The average Bonchev–Trinajstić information content (AvgIpc) is 2.58. The summed E-state index contributed by atoms with van der Waals surface area (Å²) in [6.07, 6.45) is -1.16. The third-order valence-electron chi connectivity index (χ3n) is 3.54. The molecular formula is C15H22N4O6. The van der Waals surface area contributed by atoms with Gasteiger partial charge in [0.2, 0.25) is 5.91 Å². The fourth-order valence-corrected chi connectivity index (χ4v) is 2.19. The third kappa shape index (κ3) is 5.78. The van der Waals surface area contributed by atoms with Gasteiger partial charge in [-0.2, -0.15) is 0 Å².